The van der Waals surface area contributed by atoms with E-state index >= 15 is 0 Å². The van der Waals surface area contributed by atoms with Crippen LogP contribution in [0.1, 0.15) is 31.7 Å². The monoisotopic (exact) mass is 186 g/mol. The zero-order valence-electron chi connectivity index (χ0n) is 9.03. The van der Waals surface area contributed by atoms with Crippen LogP contribution in [-0.2, 0) is 0 Å². The van der Waals surface area contributed by atoms with E-state index < -0.39 is 0 Å². The van der Waals surface area contributed by atoms with E-state index in [2.05, 4.69) is 56.8 Å². The van der Waals surface area contributed by atoms with Crippen molar-refractivity contribution < 1.29 is 0 Å². The first-order valence-corrected chi connectivity index (χ1v) is 5.17. The molecule has 0 aliphatic heterocycles. The largest absolute Gasteiger partial charge is 0.0988 e. The van der Waals surface area contributed by atoms with E-state index in [0.29, 0.717) is 5.92 Å². The van der Waals surface area contributed by atoms with Crippen LogP contribution in [0.5, 0.6) is 0 Å². The number of allylic oxidation sites excluding steroid dienone is 3. The minimum absolute atomic E-state index is 0.499. The summed E-state index contributed by atoms with van der Waals surface area (Å²) in [6, 6.07) is 10.6. The first-order valence-electron chi connectivity index (χ1n) is 5.17. The average molecular weight is 186 g/mol. The zero-order chi connectivity index (χ0) is 10.4. The summed E-state index contributed by atoms with van der Waals surface area (Å²) >= 11 is 0. The van der Waals surface area contributed by atoms with E-state index in [9.17, 15) is 0 Å². The smallest absolute Gasteiger partial charge is 0.00832 e. The molecule has 0 amide bonds. The lowest BCUT2D eigenvalue weighted by Gasteiger charge is -2.16. The molecular weight excluding hydrogens is 168 g/mol. The van der Waals surface area contributed by atoms with Gasteiger partial charge in [-0.2, -0.15) is 0 Å². The van der Waals surface area contributed by atoms with Crippen molar-refractivity contribution in [2.24, 2.45) is 0 Å². The van der Waals surface area contributed by atoms with Gasteiger partial charge in [-0.25, -0.2) is 0 Å². The van der Waals surface area contributed by atoms with E-state index in [1.54, 1.807) is 0 Å². The lowest BCUT2D eigenvalue weighted by atomic mass is 9.89. The van der Waals surface area contributed by atoms with Crippen molar-refractivity contribution in [2.75, 3.05) is 0 Å². The molecule has 0 saturated heterocycles. The van der Waals surface area contributed by atoms with Gasteiger partial charge in [-0.1, -0.05) is 56.0 Å². The lowest BCUT2D eigenvalue weighted by Crippen LogP contribution is -1.99. The van der Waals surface area contributed by atoms with Crippen molar-refractivity contribution in [3.63, 3.8) is 0 Å². The lowest BCUT2D eigenvalue weighted by molar-refractivity contribution is 0.775. The minimum Gasteiger partial charge on any atom is -0.0988 e. The molecule has 1 aromatic rings. The fourth-order valence-electron chi connectivity index (χ4n) is 1.81. The predicted octanol–water partition coefficient (Wildman–Crippen LogP) is 4.31. The Balaban J connectivity index is 2.98. The minimum atomic E-state index is 0.499. The highest BCUT2D eigenvalue weighted by atomic mass is 14.1. The second-order valence-corrected chi connectivity index (χ2v) is 3.36. The molecule has 1 rings (SSSR count). The highest BCUT2D eigenvalue weighted by Crippen LogP contribution is 2.27. The molecule has 0 radical (unpaired) electrons. The Bertz CT molecular complexity index is 306. The molecule has 0 N–H and O–H groups in total. The molecule has 0 aliphatic rings. The van der Waals surface area contributed by atoms with Gasteiger partial charge in [-0.15, -0.1) is 0 Å². The molecule has 74 valence electrons. The number of benzene rings is 1. The van der Waals surface area contributed by atoms with Crippen molar-refractivity contribution in [1.82, 2.24) is 0 Å². The molecule has 0 bridgehead atoms. The van der Waals surface area contributed by atoms with Gasteiger partial charge in [0.2, 0.25) is 0 Å². The summed E-state index contributed by atoms with van der Waals surface area (Å²) in [6.45, 7) is 8.14. The molecule has 1 unspecified atom stereocenters. The molecule has 0 heterocycles. The summed E-state index contributed by atoms with van der Waals surface area (Å²) in [6.07, 6.45) is 5.23. The summed E-state index contributed by atoms with van der Waals surface area (Å²) < 4.78 is 0. The molecule has 1 atom stereocenters. The number of rotatable bonds is 4. The molecular formula is C14H18. The molecule has 0 nitrogen and oxygen atoms in total. The Labute approximate surface area is 87.0 Å². The van der Waals surface area contributed by atoms with Gasteiger partial charge in [0.15, 0.2) is 0 Å². The maximum absolute atomic E-state index is 3.86. The highest BCUT2D eigenvalue weighted by Gasteiger charge is 2.10. The summed E-state index contributed by atoms with van der Waals surface area (Å²) in [5.41, 5.74) is 2.70. The Kier molecular flexibility index (Phi) is 4.18. The topological polar surface area (TPSA) is 0 Å². The van der Waals surface area contributed by atoms with Gasteiger partial charge in [0.1, 0.15) is 0 Å². The fourth-order valence-corrected chi connectivity index (χ4v) is 1.81. The summed E-state index contributed by atoms with van der Waals surface area (Å²) in [7, 11) is 0. The van der Waals surface area contributed by atoms with Gasteiger partial charge >= 0.3 is 0 Å². The van der Waals surface area contributed by atoms with E-state index in [-0.39, 0.29) is 0 Å². The quantitative estimate of drug-likeness (QED) is 0.614. The first kappa shape index (κ1) is 10.8. The molecule has 1 aromatic carbocycles. The van der Waals surface area contributed by atoms with Gasteiger partial charge in [-0.05, 0) is 24.5 Å². The van der Waals surface area contributed by atoms with Crippen molar-refractivity contribution >= 4 is 0 Å². The van der Waals surface area contributed by atoms with Gasteiger partial charge in [0.25, 0.3) is 0 Å². The molecule has 0 aromatic heterocycles. The SMILES string of the molecule is C=C/C(=C\C)C(CC)c1ccccc1. The van der Waals surface area contributed by atoms with Crippen molar-refractivity contribution in [3.8, 4) is 0 Å². The second-order valence-electron chi connectivity index (χ2n) is 3.36. The van der Waals surface area contributed by atoms with Crippen LogP contribution < -0.4 is 0 Å². The Morgan fingerprint density at radius 2 is 2.00 bits per heavy atom. The van der Waals surface area contributed by atoms with Crippen LogP contribution in [0.4, 0.5) is 0 Å². The van der Waals surface area contributed by atoms with Crippen LogP contribution in [0.25, 0.3) is 0 Å². The van der Waals surface area contributed by atoms with E-state index in [4.69, 9.17) is 0 Å². The maximum Gasteiger partial charge on any atom is 0.00832 e. The van der Waals surface area contributed by atoms with Crippen LogP contribution in [0.3, 0.4) is 0 Å². The fraction of sp³-hybridized carbons (Fsp3) is 0.286. The van der Waals surface area contributed by atoms with Gasteiger partial charge < -0.3 is 0 Å². The van der Waals surface area contributed by atoms with Gasteiger partial charge in [0, 0.05) is 5.92 Å². The van der Waals surface area contributed by atoms with Gasteiger partial charge in [-0.3, -0.25) is 0 Å². The third kappa shape index (κ3) is 2.35. The molecule has 0 spiro atoms. The Morgan fingerprint density at radius 3 is 2.43 bits per heavy atom. The molecule has 0 fully saturated rings. The van der Waals surface area contributed by atoms with Crippen LogP contribution in [0.15, 0.2) is 54.6 Å². The summed E-state index contributed by atoms with van der Waals surface area (Å²) in [4.78, 5) is 0. The van der Waals surface area contributed by atoms with Gasteiger partial charge in [0.05, 0.1) is 0 Å². The number of hydrogen-bond acceptors (Lipinski definition) is 0. The van der Waals surface area contributed by atoms with E-state index in [1.165, 1.54) is 11.1 Å². The maximum atomic E-state index is 3.86. The third-order valence-electron chi connectivity index (χ3n) is 2.58. The molecule has 0 heteroatoms. The van der Waals surface area contributed by atoms with E-state index in [0.717, 1.165) is 6.42 Å². The Morgan fingerprint density at radius 1 is 1.36 bits per heavy atom. The van der Waals surface area contributed by atoms with E-state index in [1.807, 2.05) is 6.08 Å². The molecule has 14 heavy (non-hydrogen) atoms. The molecule has 0 aliphatic carbocycles. The summed E-state index contributed by atoms with van der Waals surface area (Å²) in [5.74, 6) is 0.499. The average Bonchev–Trinajstić information content (AvgIpc) is 2.27. The Hall–Kier alpha value is -1.30. The standard InChI is InChI=1S/C14H18/c1-4-12(5-2)14(6-3)13-10-8-7-9-11-13/h4-5,7-11,14H,1,6H2,2-3H3/b12-5+. The second kappa shape index (κ2) is 5.43. The summed E-state index contributed by atoms with van der Waals surface area (Å²) in [5, 5.41) is 0. The van der Waals surface area contributed by atoms with Crippen LogP contribution in [-0.4, -0.2) is 0 Å². The van der Waals surface area contributed by atoms with Crippen molar-refractivity contribution in [3.05, 3.63) is 60.2 Å². The van der Waals surface area contributed by atoms with Crippen LogP contribution in [0.2, 0.25) is 0 Å². The first-order chi connectivity index (χ1) is 6.83. The number of hydrogen-bond donors (Lipinski definition) is 0. The van der Waals surface area contributed by atoms with Crippen molar-refractivity contribution in [2.45, 2.75) is 26.2 Å². The third-order valence-corrected chi connectivity index (χ3v) is 2.58. The van der Waals surface area contributed by atoms with Crippen LogP contribution in [0, 0.1) is 0 Å². The predicted molar refractivity (Wildman–Crippen MR) is 63.4 cm³/mol. The highest BCUT2D eigenvalue weighted by molar-refractivity contribution is 5.33. The van der Waals surface area contributed by atoms with Crippen LogP contribution >= 0.6 is 0 Å². The normalized spacial score (nSPS) is 13.7. The van der Waals surface area contributed by atoms with Crippen molar-refractivity contribution in [1.29, 1.82) is 0 Å². The molecule has 0 saturated carbocycles. The zero-order valence-corrected chi connectivity index (χ0v) is 9.03.